The van der Waals surface area contributed by atoms with E-state index in [0.717, 1.165) is 49.8 Å². The number of hydrogen-bond donors (Lipinski definition) is 0. The second-order valence-corrected chi connectivity index (χ2v) is 15.2. The first-order valence-corrected chi connectivity index (χ1v) is 19.1. The van der Waals surface area contributed by atoms with Crippen LogP contribution in [0.15, 0.2) is 192 Å². The molecule has 9 aromatic carbocycles. The molecule has 0 bridgehead atoms. The molecule has 0 saturated carbocycles. The minimum Gasteiger partial charge on any atom is -0.455 e. The first kappa shape index (κ1) is 31.6. The third-order valence-electron chi connectivity index (χ3n) is 11.9. The fourth-order valence-corrected chi connectivity index (χ4v) is 9.27. The van der Waals surface area contributed by atoms with Gasteiger partial charge in [0, 0.05) is 38.4 Å². The average Bonchev–Trinajstić information content (AvgIpc) is 3.74. The number of benzene rings is 9. The van der Waals surface area contributed by atoms with Crippen LogP contribution in [0, 0.1) is 0 Å². The van der Waals surface area contributed by atoms with Gasteiger partial charge < -0.3 is 9.32 Å². The van der Waals surface area contributed by atoms with Crippen molar-refractivity contribution in [3.63, 3.8) is 0 Å². The summed E-state index contributed by atoms with van der Waals surface area (Å²) in [5.74, 6) is 0. The number of hydrogen-bond acceptors (Lipinski definition) is 2. The number of anilines is 3. The maximum Gasteiger partial charge on any atom is 0.143 e. The van der Waals surface area contributed by atoms with Crippen molar-refractivity contribution in [2.75, 3.05) is 4.90 Å². The lowest BCUT2D eigenvalue weighted by atomic mass is 9.82. The zero-order valence-corrected chi connectivity index (χ0v) is 30.8. The highest BCUT2D eigenvalue weighted by molar-refractivity contribution is 6.19. The van der Waals surface area contributed by atoms with Gasteiger partial charge in [-0.05, 0) is 85.9 Å². The Morgan fingerprint density at radius 3 is 1.87 bits per heavy atom. The van der Waals surface area contributed by atoms with Gasteiger partial charge in [0.05, 0.1) is 11.4 Å². The second-order valence-electron chi connectivity index (χ2n) is 15.2. The van der Waals surface area contributed by atoms with E-state index in [-0.39, 0.29) is 5.41 Å². The van der Waals surface area contributed by atoms with Gasteiger partial charge in [-0.3, -0.25) is 0 Å². The molecule has 0 radical (unpaired) electrons. The molecule has 1 heterocycles. The van der Waals surface area contributed by atoms with Crippen LogP contribution in [0.25, 0.3) is 76.9 Å². The minimum absolute atomic E-state index is 0.121. The number of furan rings is 1. The molecule has 0 saturated heterocycles. The van der Waals surface area contributed by atoms with E-state index in [2.05, 4.69) is 207 Å². The topological polar surface area (TPSA) is 16.4 Å². The Morgan fingerprint density at radius 2 is 1.02 bits per heavy atom. The molecule has 55 heavy (non-hydrogen) atoms. The summed E-state index contributed by atoms with van der Waals surface area (Å²) in [4.78, 5) is 2.48. The molecule has 0 atom stereocenters. The summed E-state index contributed by atoms with van der Waals surface area (Å²) in [6.45, 7) is 4.71. The summed E-state index contributed by atoms with van der Waals surface area (Å²) >= 11 is 0. The summed E-state index contributed by atoms with van der Waals surface area (Å²) < 4.78 is 6.57. The molecule has 1 aromatic heterocycles. The van der Waals surface area contributed by atoms with Crippen molar-refractivity contribution < 1.29 is 4.42 Å². The Labute approximate surface area is 320 Å². The molecule has 260 valence electrons. The Morgan fingerprint density at radius 1 is 0.418 bits per heavy atom. The van der Waals surface area contributed by atoms with Crippen LogP contribution in [-0.2, 0) is 5.41 Å². The van der Waals surface area contributed by atoms with Gasteiger partial charge in [0.1, 0.15) is 11.2 Å². The first-order chi connectivity index (χ1) is 27.1. The molecule has 1 aliphatic carbocycles. The molecular formula is C53H37NO. The number of para-hydroxylation sites is 1. The summed E-state index contributed by atoms with van der Waals surface area (Å²) in [6.07, 6.45) is 0. The van der Waals surface area contributed by atoms with E-state index in [1.165, 1.54) is 55.2 Å². The normalized spacial score (nSPS) is 13.1. The minimum atomic E-state index is -0.121. The molecule has 0 fully saturated rings. The van der Waals surface area contributed by atoms with E-state index in [1.807, 2.05) is 0 Å². The van der Waals surface area contributed by atoms with Crippen LogP contribution >= 0.6 is 0 Å². The highest BCUT2D eigenvalue weighted by Gasteiger charge is 2.38. The molecule has 0 unspecified atom stereocenters. The third kappa shape index (κ3) is 4.74. The maximum atomic E-state index is 6.57. The zero-order chi connectivity index (χ0) is 36.7. The number of nitrogens with zero attached hydrogens (tertiary/aromatic N) is 1. The molecule has 0 aliphatic heterocycles. The van der Waals surface area contributed by atoms with E-state index in [4.69, 9.17) is 4.42 Å². The fourth-order valence-electron chi connectivity index (χ4n) is 9.27. The smallest absolute Gasteiger partial charge is 0.143 e. The van der Waals surface area contributed by atoms with Crippen LogP contribution in [0.2, 0.25) is 0 Å². The van der Waals surface area contributed by atoms with Crippen molar-refractivity contribution >= 4 is 60.5 Å². The van der Waals surface area contributed by atoms with Crippen LogP contribution < -0.4 is 4.90 Å². The number of rotatable bonds is 5. The molecule has 2 heteroatoms. The fraction of sp³-hybridized carbons (Fsp3) is 0.0566. The lowest BCUT2D eigenvalue weighted by molar-refractivity contribution is 0.660. The Kier molecular flexibility index (Phi) is 6.93. The molecule has 2 nitrogen and oxygen atoms in total. The Hall–Kier alpha value is -6.90. The molecule has 10 aromatic rings. The van der Waals surface area contributed by atoms with E-state index in [9.17, 15) is 0 Å². The maximum absolute atomic E-state index is 6.57. The summed E-state index contributed by atoms with van der Waals surface area (Å²) in [5.41, 5.74) is 15.2. The highest BCUT2D eigenvalue weighted by atomic mass is 16.3. The van der Waals surface area contributed by atoms with Crippen molar-refractivity contribution in [3.05, 3.63) is 199 Å². The standard InChI is InChI=1S/C53H37NO/c1-53(2)45-23-9-7-20-43(45)51-46(53)24-13-26-48(51)54(47-25-10-8-19-42(47)41-22-11-16-34-14-3-5-17-38(34)41)37-31-28-36(29-32-37)39-21-12-27-49-50(39)44-33-30-35-15-4-6-18-40(35)52(44)55-49/h3-33H,1-2H3. The molecule has 0 N–H and O–H groups in total. The lowest BCUT2D eigenvalue weighted by Gasteiger charge is -2.31. The summed E-state index contributed by atoms with van der Waals surface area (Å²) in [6, 6.07) is 68.4. The lowest BCUT2D eigenvalue weighted by Crippen LogP contribution is -2.16. The Bertz CT molecular complexity index is 3120. The van der Waals surface area contributed by atoms with Crippen molar-refractivity contribution in [1.82, 2.24) is 0 Å². The third-order valence-corrected chi connectivity index (χ3v) is 11.9. The van der Waals surface area contributed by atoms with Gasteiger partial charge >= 0.3 is 0 Å². The molecule has 0 amide bonds. The van der Waals surface area contributed by atoms with Crippen LogP contribution in [0.1, 0.15) is 25.0 Å². The van der Waals surface area contributed by atoms with Gasteiger partial charge in [0.2, 0.25) is 0 Å². The van der Waals surface area contributed by atoms with Gasteiger partial charge in [0.15, 0.2) is 0 Å². The van der Waals surface area contributed by atoms with Gasteiger partial charge in [-0.15, -0.1) is 0 Å². The van der Waals surface area contributed by atoms with Gasteiger partial charge in [0.25, 0.3) is 0 Å². The van der Waals surface area contributed by atoms with Crippen LogP contribution in [0.4, 0.5) is 17.1 Å². The van der Waals surface area contributed by atoms with Crippen molar-refractivity contribution in [2.45, 2.75) is 19.3 Å². The molecule has 0 spiro atoms. The molecular weight excluding hydrogens is 667 g/mol. The van der Waals surface area contributed by atoms with E-state index < -0.39 is 0 Å². The van der Waals surface area contributed by atoms with E-state index in [1.54, 1.807) is 0 Å². The zero-order valence-electron chi connectivity index (χ0n) is 30.8. The monoisotopic (exact) mass is 703 g/mol. The average molecular weight is 704 g/mol. The van der Waals surface area contributed by atoms with E-state index in [0.29, 0.717) is 0 Å². The summed E-state index contributed by atoms with van der Waals surface area (Å²) in [5, 5.41) is 7.08. The van der Waals surface area contributed by atoms with Crippen LogP contribution in [0.3, 0.4) is 0 Å². The van der Waals surface area contributed by atoms with Crippen molar-refractivity contribution in [3.8, 4) is 33.4 Å². The quantitative estimate of drug-likeness (QED) is 0.177. The first-order valence-electron chi connectivity index (χ1n) is 19.1. The van der Waals surface area contributed by atoms with Crippen LogP contribution in [0.5, 0.6) is 0 Å². The van der Waals surface area contributed by atoms with Gasteiger partial charge in [-0.1, -0.05) is 166 Å². The van der Waals surface area contributed by atoms with E-state index >= 15 is 0 Å². The van der Waals surface area contributed by atoms with Crippen LogP contribution in [-0.4, -0.2) is 0 Å². The summed E-state index contributed by atoms with van der Waals surface area (Å²) in [7, 11) is 0. The predicted octanol–water partition coefficient (Wildman–Crippen LogP) is 15.0. The Balaban J connectivity index is 1.13. The SMILES string of the molecule is CC1(C)c2ccccc2-c2c(N(c3ccc(-c4cccc5oc6c7ccccc7ccc6c45)cc3)c3ccccc3-c3cccc4ccccc34)cccc21. The van der Waals surface area contributed by atoms with Gasteiger partial charge in [-0.2, -0.15) is 0 Å². The van der Waals surface area contributed by atoms with Gasteiger partial charge in [-0.25, -0.2) is 0 Å². The molecule has 11 rings (SSSR count). The molecule has 1 aliphatic rings. The predicted molar refractivity (Wildman–Crippen MR) is 232 cm³/mol. The van der Waals surface area contributed by atoms with Crippen molar-refractivity contribution in [1.29, 1.82) is 0 Å². The van der Waals surface area contributed by atoms with Crippen molar-refractivity contribution in [2.24, 2.45) is 0 Å². The largest absolute Gasteiger partial charge is 0.455 e. The number of fused-ring (bicyclic) bond motifs is 9. The second kappa shape index (κ2) is 12.1. The highest BCUT2D eigenvalue weighted by Crippen LogP contribution is 2.55.